The van der Waals surface area contributed by atoms with Crippen LogP contribution in [0.2, 0.25) is 0 Å². The standard InChI is InChI=1S/C13H14FNO2S/c1-8-15-10(7-18-8)6-12(16)9-3-4-13(17-2)11(14)5-9/h3-5,7,12,16H,6H2,1-2H3. The lowest BCUT2D eigenvalue weighted by atomic mass is 10.1. The molecule has 0 amide bonds. The van der Waals surface area contributed by atoms with Gasteiger partial charge in [0, 0.05) is 11.8 Å². The summed E-state index contributed by atoms with van der Waals surface area (Å²) >= 11 is 1.53. The van der Waals surface area contributed by atoms with Gasteiger partial charge < -0.3 is 9.84 Å². The Labute approximate surface area is 109 Å². The van der Waals surface area contributed by atoms with Crippen LogP contribution in [0.25, 0.3) is 0 Å². The van der Waals surface area contributed by atoms with Crippen LogP contribution in [0, 0.1) is 12.7 Å². The number of hydrogen-bond acceptors (Lipinski definition) is 4. The lowest BCUT2D eigenvalue weighted by Gasteiger charge is -2.11. The van der Waals surface area contributed by atoms with Gasteiger partial charge in [-0.3, -0.25) is 0 Å². The number of aliphatic hydroxyl groups excluding tert-OH is 1. The van der Waals surface area contributed by atoms with E-state index >= 15 is 0 Å². The summed E-state index contributed by atoms with van der Waals surface area (Å²) in [7, 11) is 1.41. The molecule has 1 N–H and O–H groups in total. The number of hydrogen-bond donors (Lipinski definition) is 1. The van der Waals surface area contributed by atoms with Crippen LogP contribution >= 0.6 is 11.3 Å². The number of methoxy groups -OCH3 is 1. The Morgan fingerprint density at radius 1 is 1.50 bits per heavy atom. The van der Waals surface area contributed by atoms with Gasteiger partial charge in [-0.15, -0.1) is 11.3 Å². The third-order valence-electron chi connectivity index (χ3n) is 2.63. The first kappa shape index (κ1) is 13.0. The Morgan fingerprint density at radius 3 is 2.83 bits per heavy atom. The summed E-state index contributed by atoms with van der Waals surface area (Å²) < 4.78 is 18.3. The highest BCUT2D eigenvalue weighted by molar-refractivity contribution is 7.09. The average molecular weight is 267 g/mol. The van der Waals surface area contributed by atoms with Crippen molar-refractivity contribution in [2.75, 3.05) is 7.11 Å². The molecular weight excluding hydrogens is 253 g/mol. The van der Waals surface area contributed by atoms with E-state index in [-0.39, 0.29) is 5.75 Å². The second kappa shape index (κ2) is 5.46. The third-order valence-corrected chi connectivity index (χ3v) is 3.45. The van der Waals surface area contributed by atoms with Gasteiger partial charge in [-0.1, -0.05) is 6.07 Å². The number of aliphatic hydroxyl groups is 1. The van der Waals surface area contributed by atoms with E-state index < -0.39 is 11.9 Å². The van der Waals surface area contributed by atoms with E-state index in [0.29, 0.717) is 12.0 Å². The number of halogens is 1. The predicted octanol–water partition coefficient (Wildman–Crippen LogP) is 2.88. The molecular formula is C13H14FNO2S. The monoisotopic (exact) mass is 267 g/mol. The predicted molar refractivity (Wildman–Crippen MR) is 68.5 cm³/mol. The molecule has 2 rings (SSSR count). The largest absolute Gasteiger partial charge is 0.494 e. The minimum atomic E-state index is -0.757. The molecule has 0 aliphatic rings. The summed E-state index contributed by atoms with van der Waals surface area (Å²) in [4.78, 5) is 4.27. The highest BCUT2D eigenvalue weighted by Crippen LogP contribution is 2.24. The van der Waals surface area contributed by atoms with Crippen molar-refractivity contribution in [3.63, 3.8) is 0 Å². The van der Waals surface area contributed by atoms with Crippen molar-refractivity contribution in [2.45, 2.75) is 19.4 Å². The van der Waals surface area contributed by atoms with Gasteiger partial charge in [0.2, 0.25) is 0 Å². The number of benzene rings is 1. The molecule has 1 aromatic carbocycles. The van der Waals surface area contributed by atoms with E-state index in [4.69, 9.17) is 4.74 Å². The Morgan fingerprint density at radius 2 is 2.28 bits per heavy atom. The van der Waals surface area contributed by atoms with Gasteiger partial charge in [0.05, 0.1) is 23.9 Å². The molecule has 18 heavy (non-hydrogen) atoms. The number of ether oxygens (including phenoxy) is 1. The number of thiazole rings is 1. The molecule has 0 saturated carbocycles. The van der Waals surface area contributed by atoms with Crippen molar-refractivity contribution in [3.05, 3.63) is 45.7 Å². The summed E-state index contributed by atoms with van der Waals surface area (Å²) in [5, 5.41) is 12.9. The maximum Gasteiger partial charge on any atom is 0.165 e. The number of rotatable bonds is 4. The zero-order valence-corrected chi connectivity index (χ0v) is 11.0. The van der Waals surface area contributed by atoms with Crippen molar-refractivity contribution in [1.82, 2.24) is 4.98 Å². The SMILES string of the molecule is COc1ccc(C(O)Cc2csc(C)n2)cc1F. The maximum absolute atomic E-state index is 13.5. The zero-order chi connectivity index (χ0) is 13.1. The first-order valence-corrected chi connectivity index (χ1v) is 6.40. The molecule has 0 saturated heterocycles. The van der Waals surface area contributed by atoms with Crippen LogP contribution in [-0.4, -0.2) is 17.2 Å². The number of aryl methyl sites for hydroxylation is 1. The Hall–Kier alpha value is -1.46. The molecule has 0 fully saturated rings. The first-order chi connectivity index (χ1) is 8.60. The molecule has 0 aliphatic heterocycles. The molecule has 2 aromatic rings. The lowest BCUT2D eigenvalue weighted by Crippen LogP contribution is -2.03. The van der Waals surface area contributed by atoms with E-state index in [1.54, 1.807) is 6.07 Å². The van der Waals surface area contributed by atoms with Gasteiger partial charge in [0.15, 0.2) is 11.6 Å². The first-order valence-electron chi connectivity index (χ1n) is 5.52. The minimum absolute atomic E-state index is 0.176. The quantitative estimate of drug-likeness (QED) is 0.926. The van der Waals surface area contributed by atoms with Gasteiger partial charge >= 0.3 is 0 Å². The van der Waals surface area contributed by atoms with Gasteiger partial charge in [-0.05, 0) is 24.6 Å². The molecule has 3 nitrogen and oxygen atoms in total. The lowest BCUT2D eigenvalue weighted by molar-refractivity contribution is 0.176. The van der Waals surface area contributed by atoms with Crippen LogP contribution in [0.15, 0.2) is 23.6 Å². The topological polar surface area (TPSA) is 42.4 Å². The van der Waals surface area contributed by atoms with Crippen LogP contribution in [0.5, 0.6) is 5.75 Å². The molecule has 0 aliphatic carbocycles. The summed E-state index contributed by atoms with van der Waals surface area (Å²) in [5.41, 5.74) is 1.35. The highest BCUT2D eigenvalue weighted by Gasteiger charge is 2.13. The van der Waals surface area contributed by atoms with Gasteiger partial charge in [0.25, 0.3) is 0 Å². The van der Waals surface area contributed by atoms with Crippen molar-refractivity contribution in [1.29, 1.82) is 0 Å². The van der Waals surface area contributed by atoms with Gasteiger partial charge in [-0.2, -0.15) is 0 Å². The maximum atomic E-state index is 13.5. The molecule has 0 spiro atoms. The van der Waals surface area contributed by atoms with Gasteiger partial charge in [0.1, 0.15) is 0 Å². The Kier molecular flexibility index (Phi) is 3.93. The highest BCUT2D eigenvalue weighted by atomic mass is 32.1. The fraction of sp³-hybridized carbons (Fsp3) is 0.308. The summed E-state index contributed by atoms with van der Waals surface area (Å²) in [6.45, 7) is 1.91. The number of nitrogens with zero attached hydrogens (tertiary/aromatic N) is 1. The smallest absolute Gasteiger partial charge is 0.165 e. The van der Waals surface area contributed by atoms with Crippen LogP contribution in [0.1, 0.15) is 22.4 Å². The fourth-order valence-electron chi connectivity index (χ4n) is 1.71. The molecule has 1 unspecified atom stereocenters. The van der Waals surface area contributed by atoms with E-state index in [2.05, 4.69) is 4.98 Å². The molecule has 0 radical (unpaired) electrons. The molecule has 1 aromatic heterocycles. The molecule has 5 heteroatoms. The Balaban J connectivity index is 2.13. The van der Waals surface area contributed by atoms with Gasteiger partial charge in [-0.25, -0.2) is 9.37 Å². The van der Waals surface area contributed by atoms with Crippen LogP contribution in [0.4, 0.5) is 4.39 Å². The van der Waals surface area contributed by atoms with E-state index in [9.17, 15) is 9.50 Å². The van der Waals surface area contributed by atoms with Crippen LogP contribution in [0.3, 0.4) is 0 Å². The summed E-state index contributed by atoms with van der Waals surface area (Å²) in [6.07, 6.45) is -0.372. The van der Waals surface area contributed by atoms with Crippen molar-refractivity contribution in [3.8, 4) is 5.75 Å². The van der Waals surface area contributed by atoms with Crippen molar-refractivity contribution in [2.24, 2.45) is 0 Å². The summed E-state index contributed by atoms with van der Waals surface area (Å²) in [6, 6.07) is 4.47. The second-order valence-corrected chi connectivity index (χ2v) is 5.03. The molecule has 1 heterocycles. The van der Waals surface area contributed by atoms with Crippen LogP contribution < -0.4 is 4.74 Å². The second-order valence-electron chi connectivity index (χ2n) is 3.97. The van der Waals surface area contributed by atoms with Crippen LogP contribution in [-0.2, 0) is 6.42 Å². The minimum Gasteiger partial charge on any atom is -0.494 e. The molecule has 0 bridgehead atoms. The summed E-state index contributed by atoms with van der Waals surface area (Å²) in [5.74, 6) is -0.293. The normalized spacial score (nSPS) is 12.4. The van der Waals surface area contributed by atoms with E-state index in [0.717, 1.165) is 10.7 Å². The fourth-order valence-corrected chi connectivity index (χ4v) is 2.33. The van der Waals surface area contributed by atoms with Crippen molar-refractivity contribution < 1.29 is 14.2 Å². The number of aromatic nitrogens is 1. The average Bonchev–Trinajstić information content (AvgIpc) is 2.74. The zero-order valence-electron chi connectivity index (χ0n) is 10.2. The van der Waals surface area contributed by atoms with Crippen molar-refractivity contribution >= 4 is 11.3 Å². The molecule has 1 atom stereocenters. The van der Waals surface area contributed by atoms with E-state index in [1.165, 1.54) is 30.6 Å². The Bertz CT molecular complexity index is 542. The van der Waals surface area contributed by atoms with E-state index in [1.807, 2.05) is 12.3 Å². The molecule has 96 valence electrons. The third kappa shape index (κ3) is 2.86.